The van der Waals surface area contributed by atoms with Crippen LogP contribution in [-0.2, 0) is 76.0 Å². The predicted molar refractivity (Wildman–Crippen MR) is 458 cm³/mol. The first kappa shape index (κ1) is 79.9. The fourth-order valence-corrected chi connectivity index (χ4v) is 17.7. The van der Waals surface area contributed by atoms with Gasteiger partial charge in [-0.15, -0.1) is 0 Å². The third-order valence-corrected chi connectivity index (χ3v) is 23.5. The van der Waals surface area contributed by atoms with Gasteiger partial charge >= 0.3 is 0 Å². The highest BCUT2D eigenvalue weighted by Crippen LogP contribution is 2.64. The maximum Gasteiger partial charge on any atom is 0.127 e. The zero-order valence-corrected chi connectivity index (χ0v) is 66.6. The Morgan fingerprint density at radius 1 is 0.227 bits per heavy atom. The molecule has 0 N–H and O–H groups in total. The number of halogens is 4. The molecule has 0 heterocycles. The van der Waals surface area contributed by atoms with Crippen LogP contribution < -0.4 is 0 Å². The van der Waals surface area contributed by atoms with E-state index in [1.165, 1.54) is 22.3 Å². The van der Waals surface area contributed by atoms with Gasteiger partial charge in [0, 0.05) is 23.2 Å². The van der Waals surface area contributed by atoms with Crippen LogP contribution in [0.1, 0.15) is 232 Å². The van der Waals surface area contributed by atoms with Crippen LogP contribution in [0.3, 0.4) is 0 Å². The Hall–Kier alpha value is -9.64. The van der Waals surface area contributed by atoms with Crippen LogP contribution in [0.2, 0.25) is 0 Å². The largest absolute Gasteiger partial charge is 0.207 e. The third kappa shape index (κ3) is 19.2. The van der Waals surface area contributed by atoms with Crippen LogP contribution in [0.25, 0.3) is 44.5 Å². The second kappa shape index (κ2) is 38.8. The molecule has 12 rings (SSSR count). The highest BCUT2D eigenvalue weighted by atomic mass is 19.1. The zero-order valence-electron chi connectivity index (χ0n) is 66.6. The Kier molecular flexibility index (Phi) is 28.2. The number of benzene rings is 12. The summed E-state index contributed by atoms with van der Waals surface area (Å²) in [6.45, 7) is 17.3. The summed E-state index contributed by atoms with van der Waals surface area (Å²) in [6, 6.07) is 93.4. The van der Waals surface area contributed by atoms with Gasteiger partial charge in [0.25, 0.3) is 0 Å². The Labute approximate surface area is 656 Å². The molecule has 5 atom stereocenters. The summed E-state index contributed by atoms with van der Waals surface area (Å²) < 4.78 is 78.0. The second-order valence-corrected chi connectivity index (χ2v) is 31.3. The molecule has 566 valence electrons. The van der Waals surface area contributed by atoms with Crippen LogP contribution in [0.4, 0.5) is 17.6 Å². The summed E-state index contributed by atoms with van der Waals surface area (Å²) in [5.74, 6) is -5.47. The van der Waals surface area contributed by atoms with E-state index in [9.17, 15) is 0 Å². The van der Waals surface area contributed by atoms with Crippen molar-refractivity contribution in [1.82, 2.24) is 0 Å². The Morgan fingerprint density at radius 3 is 0.809 bits per heavy atom. The standard InChI is InChI=1S/C106H114F4/c1-9-17-19-26-77-33-51-88(52-34-77)92-59-61-93(62-60-92)106(99(95-64-42-79(22-13-5)71-102(95)108)68-83-37-55-90(56-38-83)86-47-29-75(20-11-3)30-48-86,100(96-65-43-80(23-14-6)72-103(96)109)69-84-39-57-91(58-40-84)87-49-31-76(32-50-87)25-18-10-2)105(97-66-44-81(24-15-7)73-104(97)110)98(94-63-41-78(21-12-4)70-101(94)107)67-82-35-53-89(54-36-82)85-45-27-74(16-8)28-46-85/h27-66,70-73,98-100,105H,9-26,67-69H2,1-8H3. The van der Waals surface area contributed by atoms with E-state index in [2.05, 4.69) is 274 Å². The predicted octanol–water partition coefficient (Wildman–Crippen LogP) is 29.4. The molecule has 12 aromatic rings. The summed E-state index contributed by atoms with van der Waals surface area (Å²) >= 11 is 0. The topological polar surface area (TPSA) is 0 Å². The lowest BCUT2D eigenvalue weighted by Gasteiger charge is -2.55. The van der Waals surface area contributed by atoms with Gasteiger partial charge in [-0.05, 0) is 247 Å². The van der Waals surface area contributed by atoms with Crippen LogP contribution in [0.15, 0.2) is 267 Å². The van der Waals surface area contributed by atoms with Crippen molar-refractivity contribution in [2.75, 3.05) is 0 Å². The van der Waals surface area contributed by atoms with Gasteiger partial charge < -0.3 is 0 Å². The van der Waals surface area contributed by atoms with Crippen molar-refractivity contribution in [1.29, 1.82) is 0 Å². The third-order valence-electron chi connectivity index (χ3n) is 23.5. The molecular weight excluding hydrogens is 1350 g/mol. The molecule has 12 aromatic carbocycles. The van der Waals surface area contributed by atoms with Gasteiger partial charge in [-0.2, -0.15) is 0 Å². The summed E-state index contributed by atoms with van der Waals surface area (Å²) in [5.41, 5.74) is 20.5. The Balaban J connectivity index is 1.24. The molecule has 0 spiro atoms. The molecule has 4 heteroatoms. The Morgan fingerprint density at radius 2 is 0.491 bits per heavy atom. The monoisotopic (exact) mass is 1460 g/mol. The van der Waals surface area contributed by atoms with E-state index < -0.39 is 40.7 Å². The van der Waals surface area contributed by atoms with Crippen molar-refractivity contribution in [3.8, 4) is 44.5 Å². The minimum Gasteiger partial charge on any atom is -0.207 e. The number of aryl methyl sites for hydroxylation is 8. The summed E-state index contributed by atoms with van der Waals surface area (Å²) in [4.78, 5) is 0. The molecule has 0 aromatic heterocycles. The molecule has 0 aliphatic heterocycles. The van der Waals surface area contributed by atoms with E-state index in [-0.39, 0.29) is 30.9 Å². The van der Waals surface area contributed by atoms with E-state index in [4.69, 9.17) is 0 Å². The molecule has 0 aliphatic rings. The number of rotatable bonds is 37. The van der Waals surface area contributed by atoms with Gasteiger partial charge in [0.2, 0.25) is 0 Å². The Bertz CT molecular complexity index is 4800. The van der Waals surface area contributed by atoms with Crippen molar-refractivity contribution < 1.29 is 17.6 Å². The molecular formula is C106H114F4. The van der Waals surface area contributed by atoms with E-state index in [1.54, 1.807) is 24.3 Å². The van der Waals surface area contributed by atoms with Crippen LogP contribution in [0, 0.1) is 23.3 Å². The van der Waals surface area contributed by atoms with Gasteiger partial charge in [-0.1, -0.05) is 349 Å². The molecule has 0 aliphatic carbocycles. The van der Waals surface area contributed by atoms with Crippen molar-refractivity contribution in [3.63, 3.8) is 0 Å². The average Bonchev–Trinajstić information content (AvgIpc) is 0.701. The summed E-state index contributed by atoms with van der Waals surface area (Å²) in [6.07, 6.45) is 17.1. The van der Waals surface area contributed by atoms with Gasteiger partial charge in [-0.25, -0.2) is 17.6 Å². The molecule has 0 radical (unpaired) electrons. The van der Waals surface area contributed by atoms with Gasteiger partial charge in [0.15, 0.2) is 0 Å². The normalized spacial score (nSPS) is 13.2. The quantitative estimate of drug-likeness (QED) is 0.0269. The van der Waals surface area contributed by atoms with Crippen molar-refractivity contribution in [3.05, 3.63) is 379 Å². The molecule has 0 fully saturated rings. The van der Waals surface area contributed by atoms with Crippen molar-refractivity contribution in [2.45, 2.75) is 219 Å². The maximum absolute atomic E-state index is 19.8. The van der Waals surface area contributed by atoms with E-state index in [0.717, 1.165) is 179 Å². The van der Waals surface area contributed by atoms with Crippen LogP contribution in [-0.4, -0.2) is 0 Å². The first-order valence-electron chi connectivity index (χ1n) is 41.7. The van der Waals surface area contributed by atoms with E-state index in [0.29, 0.717) is 47.9 Å². The van der Waals surface area contributed by atoms with Crippen LogP contribution >= 0.6 is 0 Å². The SMILES string of the molecule is CCCCCc1ccc(-c2ccc(C(C(Cc3ccc(-c4ccc(CCC)cc4)cc3)c3ccc(CCC)cc3F)(C(Cc3ccc(-c4ccc(CCCC)cc4)cc3)c3ccc(CCC)cc3F)C(c3ccc(CCC)cc3F)C(Cc3ccc(-c4ccc(CC)cc4)cc3)c3ccc(CCC)cc3F)cc2)cc1. The minimum absolute atomic E-state index is 0.225. The molecule has 5 unspecified atom stereocenters. The lowest BCUT2D eigenvalue weighted by Crippen LogP contribution is -2.50. The van der Waals surface area contributed by atoms with Gasteiger partial charge in [0.1, 0.15) is 23.3 Å². The molecule has 0 bridgehead atoms. The molecule has 0 saturated carbocycles. The highest BCUT2D eigenvalue weighted by Gasteiger charge is 2.58. The molecule has 110 heavy (non-hydrogen) atoms. The van der Waals surface area contributed by atoms with Gasteiger partial charge in [0.05, 0.1) is 0 Å². The molecule has 0 saturated heterocycles. The number of unbranched alkanes of at least 4 members (excludes halogenated alkanes) is 3. The van der Waals surface area contributed by atoms with Gasteiger partial charge in [-0.3, -0.25) is 0 Å². The summed E-state index contributed by atoms with van der Waals surface area (Å²) in [5, 5.41) is 0. The number of hydrogen-bond acceptors (Lipinski definition) is 0. The smallest absolute Gasteiger partial charge is 0.127 e. The van der Waals surface area contributed by atoms with Crippen molar-refractivity contribution in [2.24, 2.45) is 0 Å². The fourth-order valence-electron chi connectivity index (χ4n) is 17.7. The first-order chi connectivity index (χ1) is 53.8. The first-order valence-corrected chi connectivity index (χ1v) is 41.7. The van der Waals surface area contributed by atoms with E-state index >= 15 is 17.6 Å². The second-order valence-electron chi connectivity index (χ2n) is 31.3. The lowest BCUT2D eigenvalue weighted by molar-refractivity contribution is 0.185. The highest BCUT2D eigenvalue weighted by molar-refractivity contribution is 5.68. The zero-order chi connectivity index (χ0) is 76.9. The maximum atomic E-state index is 19.8. The van der Waals surface area contributed by atoms with E-state index in [1.807, 2.05) is 24.3 Å². The lowest BCUT2D eigenvalue weighted by atomic mass is 9.47. The van der Waals surface area contributed by atoms with Crippen molar-refractivity contribution >= 4 is 0 Å². The van der Waals surface area contributed by atoms with Crippen LogP contribution in [0.5, 0.6) is 0 Å². The summed E-state index contributed by atoms with van der Waals surface area (Å²) in [7, 11) is 0. The average molecular weight is 1460 g/mol. The number of hydrogen-bond donors (Lipinski definition) is 0. The molecule has 0 nitrogen and oxygen atoms in total. The molecule has 0 amide bonds. The minimum atomic E-state index is -1.63. The fraction of sp³-hybridized carbons (Fsp3) is 0.321.